The van der Waals surface area contributed by atoms with Crippen molar-refractivity contribution in [3.05, 3.63) is 0 Å². The molecule has 1 saturated heterocycles. The standard InChI is InChI=1S/C16H28N2O4/c1-5-15(6-7-15)9-17-16(8-12(19)20)10-18(11-16)13(21)22-14(2,3)4/h17H,5-11H2,1-4H3,(H,19,20). The van der Waals surface area contributed by atoms with Gasteiger partial charge < -0.3 is 20.1 Å². The van der Waals surface area contributed by atoms with Crippen molar-refractivity contribution < 1.29 is 19.4 Å². The molecule has 0 aromatic carbocycles. The molecule has 126 valence electrons. The van der Waals surface area contributed by atoms with E-state index in [9.17, 15) is 9.59 Å². The van der Waals surface area contributed by atoms with Crippen molar-refractivity contribution in [2.45, 2.75) is 64.5 Å². The highest BCUT2D eigenvalue weighted by Gasteiger charge is 2.50. The molecule has 1 amide bonds. The molecular formula is C16H28N2O4. The number of carbonyl (C=O) groups is 2. The van der Waals surface area contributed by atoms with Crippen molar-refractivity contribution in [1.29, 1.82) is 0 Å². The van der Waals surface area contributed by atoms with E-state index in [1.807, 2.05) is 20.8 Å². The predicted octanol–water partition coefficient (Wildman–Crippen LogP) is 2.23. The van der Waals surface area contributed by atoms with E-state index in [4.69, 9.17) is 9.84 Å². The van der Waals surface area contributed by atoms with E-state index >= 15 is 0 Å². The van der Waals surface area contributed by atoms with Crippen molar-refractivity contribution in [3.63, 3.8) is 0 Å². The van der Waals surface area contributed by atoms with Crippen molar-refractivity contribution in [3.8, 4) is 0 Å². The molecule has 0 bridgehead atoms. The average Bonchev–Trinajstić information content (AvgIpc) is 3.09. The first-order valence-electron chi connectivity index (χ1n) is 8.04. The summed E-state index contributed by atoms with van der Waals surface area (Å²) in [5.41, 5.74) is -0.693. The van der Waals surface area contributed by atoms with Gasteiger partial charge in [-0.25, -0.2) is 4.79 Å². The zero-order valence-corrected chi connectivity index (χ0v) is 14.1. The Morgan fingerprint density at radius 3 is 2.27 bits per heavy atom. The Balaban J connectivity index is 1.90. The Morgan fingerprint density at radius 2 is 1.86 bits per heavy atom. The van der Waals surface area contributed by atoms with E-state index < -0.39 is 17.1 Å². The molecule has 0 radical (unpaired) electrons. The van der Waals surface area contributed by atoms with Crippen molar-refractivity contribution in [2.75, 3.05) is 19.6 Å². The fourth-order valence-electron chi connectivity index (χ4n) is 2.92. The summed E-state index contributed by atoms with van der Waals surface area (Å²) in [5.74, 6) is -0.835. The van der Waals surface area contributed by atoms with Crippen LogP contribution < -0.4 is 5.32 Å². The summed E-state index contributed by atoms with van der Waals surface area (Å²) in [7, 11) is 0. The van der Waals surface area contributed by atoms with E-state index in [1.54, 1.807) is 4.90 Å². The number of carboxylic acid groups (broad SMARTS) is 1. The number of rotatable bonds is 6. The fraction of sp³-hybridized carbons (Fsp3) is 0.875. The molecule has 1 aliphatic carbocycles. The highest BCUT2D eigenvalue weighted by Crippen LogP contribution is 2.48. The molecule has 0 aromatic rings. The van der Waals surface area contributed by atoms with Crippen molar-refractivity contribution in [2.24, 2.45) is 5.41 Å². The van der Waals surface area contributed by atoms with Crippen LogP contribution in [0.3, 0.4) is 0 Å². The fourth-order valence-corrected chi connectivity index (χ4v) is 2.92. The summed E-state index contributed by atoms with van der Waals surface area (Å²) < 4.78 is 5.33. The molecule has 2 aliphatic rings. The summed E-state index contributed by atoms with van der Waals surface area (Å²) in [5, 5.41) is 12.6. The van der Waals surface area contributed by atoms with Gasteiger partial charge in [0.25, 0.3) is 0 Å². The van der Waals surface area contributed by atoms with Crippen LogP contribution in [0.25, 0.3) is 0 Å². The Kier molecular flexibility index (Phi) is 4.44. The van der Waals surface area contributed by atoms with E-state index in [1.165, 1.54) is 12.8 Å². The van der Waals surface area contributed by atoms with Gasteiger partial charge in [-0.15, -0.1) is 0 Å². The molecule has 1 saturated carbocycles. The van der Waals surface area contributed by atoms with Crippen LogP contribution in [0.5, 0.6) is 0 Å². The van der Waals surface area contributed by atoms with Crippen LogP contribution in [0.1, 0.15) is 53.4 Å². The first-order chi connectivity index (χ1) is 10.1. The van der Waals surface area contributed by atoms with E-state index in [0.29, 0.717) is 18.5 Å². The highest BCUT2D eigenvalue weighted by molar-refractivity contribution is 5.73. The normalized spacial score (nSPS) is 21.9. The molecule has 0 atom stereocenters. The molecule has 6 nitrogen and oxygen atoms in total. The van der Waals surface area contributed by atoms with Crippen LogP contribution in [-0.2, 0) is 9.53 Å². The minimum atomic E-state index is -0.835. The van der Waals surface area contributed by atoms with Crippen LogP contribution in [0, 0.1) is 5.41 Å². The second-order valence-corrected chi connectivity index (χ2v) is 7.89. The van der Waals surface area contributed by atoms with Crippen LogP contribution >= 0.6 is 0 Å². The lowest BCUT2D eigenvalue weighted by atomic mass is 9.85. The molecule has 6 heteroatoms. The number of carbonyl (C=O) groups excluding carboxylic acids is 1. The molecule has 0 unspecified atom stereocenters. The first kappa shape index (κ1) is 17.1. The number of hydrogen-bond donors (Lipinski definition) is 2. The van der Waals surface area contributed by atoms with Crippen LogP contribution in [-0.4, -0.2) is 52.8 Å². The number of carboxylic acids is 1. The largest absolute Gasteiger partial charge is 0.481 e. The van der Waals surface area contributed by atoms with Gasteiger partial charge in [0.1, 0.15) is 5.60 Å². The third-order valence-electron chi connectivity index (χ3n) is 4.67. The number of amides is 1. The number of likely N-dealkylation sites (tertiary alicyclic amines) is 1. The van der Waals surface area contributed by atoms with Gasteiger partial charge in [-0.05, 0) is 45.4 Å². The molecular weight excluding hydrogens is 284 g/mol. The Hall–Kier alpha value is -1.30. The zero-order valence-electron chi connectivity index (χ0n) is 14.1. The third kappa shape index (κ3) is 4.12. The second-order valence-electron chi connectivity index (χ2n) is 7.89. The predicted molar refractivity (Wildman–Crippen MR) is 82.8 cm³/mol. The summed E-state index contributed by atoms with van der Waals surface area (Å²) in [6, 6.07) is 0. The second kappa shape index (κ2) is 5.72. The molecule has 1 heterocycles. The molecule has 0 spiro atoms. The van der Waals surface area contributed by atoms with Gasteiger partial charge in [0.15, 0.2) is 0 Å². The van der Waals surface area contributed by atoms with E-state index in [-0.39, 0.29) is 12.5 Å². The molecule has 1 aliphatic heterocycles. The third-order valence-corrected chi connectivity index (χ3v) is 4.67. The maximum atomic E-state index is 12.0. The highest BCUT2D eigenvalue weighted by atomic mass is 16.6. The Morgan fingerprint density at radius 1 is 1.27 bits per heavy atom. The topological polar surface area (TPSA) is 78.9 Å². The number of hydrogen-bond acceptors (Lipinski definition) is 4. The van der Waals surface area contributed by atoms with Crippen LogP contribution in [0.2, 0.25) is 0 Å². The van der Waals surface area contributed by atoms with Gasteiger partial charge in [-0.3, -0.25) is 4.79 Å². The summed E-state index contributed by atoms with van der Waals surface area (Å²) in [6.45, 7) is 9.27. The van der Waals surface area contributed by atoms with E-state index in [0.717, 1.165) is 13.0 Å². The maximum Gasteiger partial charge on any atom is 0.410 e. The van der Waals surface area contributed by atoms with Gasteiger partial charge in [0.05, 0.1) is 12.0 Å². The number of nitrogens with one attached hydrogen (secondary N) is 1. The molecule has 2 N–H and O–H groups in total. The molecule has 0 aromatic heterocycles. The minimum Gasteiger partial charge on any atom is -0.481 e. The summed E-state index contributed by atoms with van der Waals surface area (Å²) in [6.07, 6.45) is 3.18. The average molecular weight is 312 g/mol. The lowest BCUT2D eigenvalue weighted by molar-refractivity contribution is -0.141. The first-order valence-corrected chi connectivity index (χ1v) is 8.04. The van der Waals surface area contributed by atoms with Gasteiger partial charge >= 0.3 is 12.1 Å². The van der Waals surface area contributed by atoms with Gasteiger partial charge in [0, 0.05) is 19.6 Å². The molecule has 2 fully saturated rings. The van der Waals surface area contributed by atoms with Gasteiger partial charge in [-0.2, -0.15) is 0 Å². The van der Waals surface area contributed by atoms with Crippen molar-refractivity contribution >= 4 is 12.1 Å². The quantitative estimate of drug-likeness (QED) is 0.786. The monoisotopic (exact) mass is 312 g/mol. The molecule has 22 heavy (non-hydrogen) atoms. The Labute approximate surface area is 132 Å². The lowest BCUT2D eigenvalue weighted by Gasteiger charge is -2.50. The van der Waals surface area contributed by atoms with Crippen LogP contribution in [0.4, 0.5) is 4.79 Å². The SMILES string of the molecule is CCC1(CNC2(CC(=O)O)CN(C(=O)OC(C)(C)C)C2)CC1. The number of ether oxygens (including phenoxy) is 1. The Bertz CT molecular complexity index is 446. The minimum absolute atomic E-state index is 0.0338. The smallest absolute Gasteiger partial charge is 0.410 e. The van der Waals surface area contributed by atoms with Crippen molar-refractivity contribution in [1.82, 2.24) is 10.2 Å². The molecule has 2 rings (SSSR count). The van der Waals surface area contributed by atoms with Gasteiger partial charge in [-0.1, -0.05) is 6.92 Å². The number of nitrogens with zero attached hydrogens (tertiary/aromatic N) is 1. The van der Waals surface area contributed by atoms with E-state index in [2.05, 4.69) is 12.2 Å². The summed E-state index contributed by atoms with van der Waals surface area (Å²) >= 11 is 0. The number of aliphatic carboxylic acids is 1. The van der Waals surface area contributed by atoms with Gasteiger partial charge in [0.2, 0.25) is 0 Å². The summed E-state index contributed by atoms with van der Waals surface area (Å²) in [4.78, 5) is 24.7. The maximum absolute atomic E-state index is 12.0. The lowest BCUT2D eigenvalue weighted by Crippen LogP contribution is -2.71. The van der Waals surface area contributed by atoms with Crippen LogP contribution in [0.15, 0.2) is 0 Å². The zero-order chi connectivity index (χ0) is 16.6.